The number of hydrogen-bond acceptors (Lipinski definition) is 5. The van der Waals surface area contributed by atoms with Crippen LogP contribution in [0, 0.1) is 17.8 Å². The summed E-state index contributed by atoms with van der Waals surface area (Å²) in [7, 11) is 0. The van der Waals surface area contributed by atoms with Gasteiger partial charge >= 0.3 is 6.03 Å². The standard InChI is InChI=1S/C25H33N5O4/c31-19-3-5-29(13-19)24(33)26-4-6-30-14-27-20-9-16(1-2-21(20)30)23(32)28-22-17-7-15-8-18(22)12-25(34,10-15)11-17/h1-2,9,14-15,17-19,22,31,34H,3-8,10-13H2,(H,26,33)(H,28,32)/t15?,17-,18+,19?,22?,25?. The molecule has 5 aliphatic rings. The lowest BCUT2D eigenvalue weighted by Gasteiger charge is -2.58. The van der Waals surface area contributed by atoms with Crippen molar-refractivity contribution in [3.63, 3.8) is 0 Å². The van der Waals surface area contributed by atoms with E-state index in [9.17, 15) is 19.8 Å². The van der Waals surface area contributed by atoms with Gasteiger partial charge in [-0.25, -0.2) is 9.78 Å². The predicted octanol–water partition coefficient (Wildman–Crippen LogP) is 1.48. The lowest BCUT2D eigenvalue weighted by atomic mass is 9.52. The number of rotatable bonds is 5. The Morgan fingerprint density at radius 3 is 2.68 bits per heavy atom. The summed E-state index contributed by atoms with van der Waals surface area (Å²) in [6, 6.07) is 5.57. The van der Waals surface area contributed by atoms with Crippen LogP contribution in [-0.2, 0) is 6.54 Å². The first-order valence-corrected chi connectivity index (χ1v) is 12.6. The molecule has 1 saturated heterocycles. The van der Waals surface area contributed by atoms with Crippen LogP contribution in [0.15, 0.2) is 24.5 Å². The molecule has 2 heterocycles. The molecule has 6 atom stereocenters. The molecule has 182 valence electrons. The second-order valence-corrected chi connectivity index (χ2v) is 11.0. The molecule has 4 aliphatic carbocycles. The van der Waals surface area contributed by atoms with Gasteiger partial charge in [0.15, 0.2) is 0 Å². The number of benzene rings is 1. The number of aliphatic hydroxyl groups is 2. The minimum Gasteiger partial charge on any atom is -0.391 e. The zero-order valence-electron chi connectivity index (χ0n) is 19.3. The van der Waals surface area contributed by atoms with Crippen LogP contribution in [-0.4, -0.2) is 74.0 Å². The fraction of sp³-hybridized carbons (Fsp3) is 0.640. The van der Waals surface area contributed by atoms with E-state index in [1.165, 1.54) is 0 Å². The normalized spacial score (nSPS) is 34.1. The molecule has 1 aromatic heterocycles. The number of hydrogen-bond donors (Lipinski definition) is 4. The highest BCUT2D eigenvalue weighted by Gasteiger charge is 2.55. The number of urea groups is 1. The molecule has 34 heavy (non-hydrogen) atoms. The van der Waals surface area contributed by atoms with Crippen LogP contribution < -0.4 is 10.6 Å². The molecule has 0 spiro atoms. The number of fused-ring (bicyclic) bond motifs is 1. The molecule has 9 heteroatoms. The van der Waals surface area contributed by atoms with E-state index in [1.54, 1.807) is 11.2 Å². The van der Waals surface area contributed by atoms with Crippen LogP contribution >= 0.6 is 0 Å². The molecule has 0 radical (unpaired) electrons. The molecule has 4 unspecified atom stereocenters. The number of amides is 3. The van der Waals surface area contributed by atoms with Crippen molar-refractivity contribution in [2.24, 2.45) is 17.8 Å². The van der Waals surface area contributed by atoms with E-state index >= 15 is 0 Å². The quantitative estimate of drug-likeness (QED) is 0.531. The number of carbonyl (C=O) groups is 2. The number of likely N-dealkylation sites (tertiary alicyclic amines) is 1. The first kappa shape index (κ1) is 21.9. The van der Waals surface area contributed by atoms with Gasteiger partial charge in [0.25, 0.3) is 5.91 Å². The van der Waals surface area contributed by atoms with Gasteiger partial charge in [0.1, 0.15) is 0 Å². The predicted molar refractivity (Wildman–Crippen MR) is 125 cm³/mol. The third kappa shape index (κ3) is 3.94. The van der Waals surface area contributed by atoms with Crippen LogP contribution in [0.25, 0.3) is 11.0 Å². The topological polar surface area (TPSA) is 120 Å². The highest BCUT2D eigenvalue weighted by Crippen LogP contribution is 2.55. The summed E-state index contributed by atoms with van der Waals surface area (Å²) < 4.78 is 1.97. The monoisotopic (exact) mass is 467 g/mol. The first-order chi connectivity index (χ1) is 16.4. The maximum Gasteiger partial charge on any atom is 0.317 e. The van der Waals surface area contributed by atoms with Crippen LogP contribution in [0.2, 0.25) is 0 Å². The van der Waals surface area contributed by atoms with Crippen molar-refractivity contribution in [2.75, 3.05) is 19.6 Å². The number of carbonyl (C=O) groups excluding carboxylic acids is 2. The third-order valence-electron chi connectivity index (χ3n) is 8.50. The lowest BCUT2D eigenvalue weighted by Crippen LogP contribution is -2.61. The summed E-state index contributed by atoms with van der Waals surface area (Å²) in [6.45, 7) is 1.99. The van der Waals surface area contributed by atoms with Crippen molar-refractivity contribution < 1.29 is 19.8 Å². The molecule has 1 aliphatic heterocycles. The van der Waals surface area contributed by atoms with E-state index in [0.29, 0.717) is 55.9 Å². The minimum absolute atomic E-state index is 0.0685. The number of aliphatic hydroxyl groups excluding tert-OH is 1. The third-order valence-corrected chi connectivity index (χ3v) is 8.50. The molecule has 4 saturated carbocycles. The second-order valence-electron chi connectivity index (χ2n) is 11.0. The lowest BCUT2D eigenvalue weighted by molar-refractivity contribution is -0.136. The molecular weight excluding hydrogens is 434 g/mol. The minimum atomic E-state index is -0.501. The number of imidazole rings is 1. The Balaban J connectivity index is 1.07. The Bertz CT molecular complexity index is 1100. The molecule has 3 amide bonds. The average molecular weight is 468 g/mol. The first-order valence-electron chi connectivity index (χ1n) is 12.6. The molecule has 1 aromatic carbocycles. The van der Waals surface area contributed by atoms with Crippen LogP contribution in [0.4, 0.5) is 4.79 Å². The number of nitrogens with zero attached hydrogens (tertiary/aromatic N) is 3. The molecule has 4 N–H and O–H groups in total. The average Bonchev–Trinajstić information content (AvgIpc) is 3.41. The van der Waals surface area contributed by atoms with Gasteiger partial charge in [-0.15, -0.1) is 0 Å². The second kappa shape index (κ2) is 8.23. The van der Waals surface area contributed by atoms with Gasteiger partial charge in [0.05, 0.1) is 29.1 Å². The van der Waals surface area contributed by atoms with Crippen molar-refractivity contribution in [1.82, 2.24) is 25.1 Å². The van der Waals surface area contributed by atoms with Gasteiger partial charge in [-0.05, 0) is 74.5 Å². The van der Waals surface area contributed by atoms with E-state index < -0.39 is 11.7 Å². The Morgan fingerprint density at radius 1 is 1.18 bits per heavy atom. The molecule has 2 aromatic rings. The van der Waals surface area contributed by atoms with Gasteiger partial charge in [-0.1, -0.05) is 0 Å². The Labute approximate surface area is 198 Å². The Hall–Kier alpha value is -2.65. The van der Waals surface area contributed by atoms with E-state index in [-0.39, 0.29) is 18.0 Å². The summed E-state index contributed by atoms with van der Waals surface area (Å²) in [4.78, 5) is 31.4. The maximum absolute atomic E-state index is 13.1. The zero-order chi connectivity index (χ0) is 23.4. The fourth-order valence-electron chi connectivity index (χ4n) is 7.16. The number of β-amino-alcohol motifs (C(OH)–C–C–N with tert-alkyl or cyclic N) is 1. The SMILES string of the molecule is O=C(NC1[C@@H]2CC3C[C@H]1CC(O)(C3)C2)c1ccc2c(c1)ncn2CCNC(=O)N1CCC(O)C1. The van der Waals surface area contributed by atoms with Crippen molar-refractivity contribution in [3.8, 4) is 0 Å². The Morgan fingerprint density at radius 2 is 1.97 bits per heavy atom. The van der Waals surface area contributed by atoms with E-state index in [0.717, 1.165) is 43.1 Å². The summed E-state index contributed by atoms with van der Waals surface area (Å²) in [5.74, 6) is 1.30. The van der Waals surface area contributed by atoms with Crippen molar-refractivity contribution in [1.29, 1.82) is 0 Å². The maximum atomic E-state index is 13.1. The molecule has 4 bridgehead atoms. The van der Waals surface area contributed by atoms with Crippen LogP contribution in [0.5, 0.6) is 0 Å². The molecule has 7 rings (SSSR count). The van der Waals surface area contributed by atoms with Gasteiger partial charge in [0, 0.05) is 37.8 Å². The highest BCUT2D eigenvalue weighted by molar-refractivity contribution is 5.97. The van der Waals surface area contributed by atoms with Crippen molar-refractivity contribution in [2.45, 2.75) is 62.8 Å². The number of nitrogens with one attached hydrogen (secondary N) is 2. The van der Waals surface area contributed by atoms with Gasteiger partial charge < -0.3 is 30.3 Å². The zero-order valence-corrected chi connectivity index (χ0v) is 19.3. The summed E-state index contributed by atoms with van der Waals surface area (Å²) in [6.07, 6.45) is 6.71. The van der Waals surface area contributed by atoms with E-state index in [4.69, 9.17) is 0 Å². The fourth-order valence-corrected chi connectivity index (χ4v) is 7.16. The van der Waals surface area contributed by atoms with E-state index in [1.807, 2.05) is 22.8 Å². The molecule has 9 nitrogen and oxygen atoms in total. The summed E-state index contributed by atoms with van der Waals surface area (Å²) in [5.41, 5.74) is 1.77. The summed E-state index contributed by atoms with van der Waals surface area (Å²) in [5, 5.41) is 26.6. The molecule has 5 fully saturated rings. The van der Waals surface area contributed by atoms with Crippen LogP contribution in [0.1, 0.15) is 48.9 Å². The Kier molecular flexibility index (Phi) is 5.29. The van der Waals surface area contributed by atoms with Gasteiger partial charge in [-0.2, -0.15) is 0 Å². The van der Waals surface area contributed by atoms with E-state index in [2.05, 4.69) is 15.6 Å². The smallest absolute Gasteiger partial charge is 0.317 e. The van der Waals surface area contributed by atoms with Crippen molar-refractivity contribution in [3.05, 3.63) is 30.1 Å². The van der Waals surface area contributed by atoms with Crippen molar-refractivity contribution >= 4 is 23.0 Å². The van der Waals surface area contributed by atoms with Crippen LogP contribution in [0.3, 0.4) is 0 Å². The highest BCUT2D eigenvalue weighted by atomic mass is 16.3. The summed E-state index contributed by atoms with van der Waals surface area (Å²) >= 11 is 0. The molecular formula is C25H33N5O4. The van der Waals surface area contributed by atoms with Gasteiger partial charge in [-0.3, -0.25) is 4.79 Å². The van der Waals surface area contributed by atoms with Gasteiger partial charge in [0.2, 0.25) is 0 Å². The number of aromatic nitrogens is 2. The largest absolute Gasteiger partial charge is 0.391 e.